The highest BCUT2D eigenvalue weighted by atomic mass is 35.5. The molecule has 0 bridgehead atoms. The van der Waals surface area contributed by atoms with E-state index in [-0.39, 0.29) is 27.7 Å². The highest BCUT2D eigenvalue weighted by molar-refractivity contribution is 6.33. The Balaban J connectivity index is 2.23. The van der Waals surface area contributed by atoms with Gasteiger partial charge in [0.2, 0.25) is 0 Å². The summed E-state index contributed by atoms with van der Waals surface area (Å²) in [6.07, 6.45) is 0. The van der Waals surface area contributed by atoms with Gasteiger partial charge in [-0.3, -0.25) is 9.48 Å². The van der Waals surface area contributed by atoms with Crippen LogP contribution in [0.1, 0.15) is 47.3 Å². The molecule has 1 heterocycles. The Morgan fingerprint density at radius 1 is 1.26 bits per heavy atom. The molecule has 0 atom stereocenters. The zero-order valence-electron chi connectivity index (χ0n) is 13.3. The minimum Gasteiger partial charge on any atom is -0.478 e. The molecule has 0 saturated heterocycles. The van der Waals surface area contributed by atoms with Crippen LogP contribution in [0.4, 0.5) is 5.69 Å². The molecule has 1 aromatic heterocycles. The Kier molecular flexibility index (Phi) is 4.47. The number of halogens is 1. The first kappa shape index (κ1) is 17.0. The fraction of sp³-hybridized carbons (Fsp3) is 0.312. The first-order valence-electron chi connectivity index (χ1n) is 7.01. The van der Waals surface area contributed by atoms with Crippen molar-refractivity contribution in [3.05, 3.63) is 46.2 Å². The van der Waals surface area contributed by atoms with E-state index in [1.54, 1.807) is 10.7 Å². The van der Waals surface area contributed by atoms with Crippen LogP contribution in [-0.2, 0) is 5.54 Å². The van der Waals surface area contributed by atoms with E-state index in [0.717, 1.165) is 5.69 Å². The van der Waals surface area contributed by atoms with Gasteiger partial charge in [0.25, 0.3) is 5.91 Å². The summed E-state index contributed by atoms with van der Waals surface area (Å²) >= 11 is 5.89. The van der Waals surface area contributed by atoms with Gasteiger partial charge in [0.15, 0.2) is 5.69 Å². The number of nitrogens with zero attached hydrogens (tertiary/aromatic N) is 2. The molecule has 2 N–H and O–H groups in total. The van der Waals surface area contributed by atoms with Crippen molar-refractivity contribution in [3.8, 4) is 0 Å². The predicted molar refractivity (Wildman–Crippen MR) is 88.3 cm³/mol. The van der Waals surface area contributed by atoms with Crippen molar-refractivity contribution in [2.45, 2.75) is 33.2 Å². The highest BCUT2D eigenvalue weighted by Crippen LogP contribution is 2.22. The van der Waals surface area contributed by atoms with Crippen LogP contribution in [0.2, 0.25) is 5.02 Å². The number of carbonyl (C=O) groups is 2. The number of anilines is 1. The first-order chi connectivity index (χ1) is 10.6. The van der Waals surface area contributed by atoms with Crippen molar-refractivity contribution >= 4 is 29.2 Å². The first-order valence-corrected chi connectivity index (χ1v) is 7.39. The lowest BCUT2D eigenvalue weighted by Gasteiger charge is -2.21. The van der Waals surface area contributed by atoms with Gasteiger partial charge in [-0.05, 0) is 52.0 Å². The summed E-state index contributed by atoms with van der Waals surface area (Å²) in [5.41, 5.74) is 1.33. The van der Waals surface area contributed by atoms with Crippen molar-refractivity contribution in [1.29, 1.82) is 0 Å². The Hall–Kier alpha value is -2.34. The average molecular weight is 336 g/mol. The zero-order chi connectivity index (χ0) is 17.4. The molecule has 1 amide bonds. The standard InChI is InChI=1S/C16H18ClN3O3/c1-9-7-13(19-20(9)16(2,3)4)14(21)18-10-5-6-11(15(22)23)12(17)8-10/h5-8H,1-4H3,(H,18,21)(H,22,23). The third kappa shape index (κ3) is 3.71. The molecule has 7 heteroatoms. The van der Waals surface area contributed by atoms with E-state index in [1.165, 1.54) is 18.2 Å². The van der Waals surface area contributed by atoms with Gasteiger partial charge in [0.1, 0.15) is 0 Å². The molecule has 0 aliphatic heterocycles. The monoisotopic (exact) mass is 335 g/mol. The average Bonchev–Trinajstić information content (AvgIpc) is 2.80. The van der Waals surface area contributed by atoms with Crippen molar-refractivity contribution in [2.75, 3.05) is 5.32 Å². The Morgan fingerprint density at radius 3 is 2.39 bits per heavy atom. The second kappa shape index (κ2) is 6.04. The van der Waals surface area contributed by atoms with E-state index in [1.807, 2.05) is 27.7 Å². The zero-order valence-corrected chi connectivity index (χ0v) is 14.1. The van der Waals surface area contributed by atoms with Crippen LogP contribution < -0.4 is 5.32 Å². The number of amides is 1. The molecule has 0 radical (unpaired) electrons. The largest absolute Gasteiger partial charge is 0.478 e. The summed E-state index contributed by atoms with van der Waals surface area (Å²) in [6.45, 7) is 7.88. The van der Waals surface area contributed by atoms with Crippen LogP contribution in [0.25, 0.3) is 0 Å². The highest BCUT2D eigenvalue weighted by Gasteiger charge is 2.20. The molecule has 0 aliphatic carbocycles. The molecule has 0 unspecified atom stereocenters. The number of nitrogens with one attached hydrogen (secondary N) is 1. The van der Waals surface area contributed by atoms with Crippen LogP contribution in [0.3, 0.4) is 0 Å². The number of aromatic nitrogens is 2. The summed E-state index contributed by atoms with van der Waals surface area (Å²) in [4.78, 5) is 23.2. The fourth-order valence-electron chi connectivity index (χ4n) is 2.23. The lowest BCUT2D eigenvalue weighted by atomic mass is 10.1. The van der Waals surface area contributed by atoms with Gasteiger partial charge < -0.3 is 10.4 Å². The van der Waals surface area contributed by atoms with E-state index in [4.69, 9.17) is 16.7 Å². The van der Waals surface area contributed by atoms with Crippen LogP contribution in [-0.4, -0.2) is 26.8 Å². The molecule has 2 rings (SSSR count). The third-order valence-corrected chi connectivity index (χ3v) is 3.53. The Bertz CT molecular complexity index is 775. The van der Waals surface area contributed by atoms with Crippen molar-refractivity contribution in [2.24, 2.45) is 0 Å². The van der Waals surface area contributed by atoms with Gasteiger partial charge in [-0.1, -0.05) is 11.6 Å². The topological polar surface area (TPSA) is 84.2 Å². The predicted octanol–water partition coefficient (Wildman–Crippen LogP) is 3.55. The maximum absolute atomic E-state index is 12.3. The molecule has 0 saturated carbocycles. The summed E-state index contributed by atoms with van der Waals surface area (Å²) in [5, 5.41) is 16.0. The number of aryl methyl sites for hydroxylation is 1. The van der Waals surface area contributed by atoms with Crippen molar-refractivity contribution in [3.63, 3.8) is 0 Å². The minimum absolute atomic E-state index is 0.0162. The SMILES string of the molecule is Cc1cc(C(=O)Nc2ccc(C(=O)O)c(Cl)c2)nn1C(C)(C)C. The van der Waals surface area contributed by atoms with E-state index in [2.05, 4.69) is 10.4 Å². The van der Waals surface area contributed by atoms with Gasteiger partial charge in [0, 0.05) is 11.4 Å². The van der Waals surface area contributed by atoms with E-state index in [9.17, 15) is 9.59 Å². The number of carbonyl (C=O) groups excluding carboxylic acids is 1. The van der Waals surface area contributed by atoms with Crippen LogP contribution in [0, 0.1) is 6.92 Å². The van der Waals surface area contributed by atoms with Crippen LogP contribution >= 0.6 is 11.6 Å². The molecule has 0 fully saturated rings. The summed E-state index contributed by atoms with van der Waals surface area (Å²) in [6, 6.07) is 5.93. The molecule has 23 heavy (non-hydrogen) atoms. The smallest absolute Gasteiger partial charge is 0.337 e. The molecule has 6 nitrogen and oxygen atoms in total. The van der Waals surface area contributed by atoms with E-state index < -0.39 is 5.97 Å². The van der Waals surface area contributed by atoms with Gasteiger partial charge in [-0.15, -0.1) is 0 Å². The maximum Gasteiger partial charge on any atom is 0.337 e. The number of rotatable bonds is 3. The third-order valence-electron chi connectivity index (χ3n) is 3.21. The van der Waals surface area contributed by atoms with E-state index in [0.29, 0.717) is 5.69 Å². The van der Waals surface area contributed by atoms with Crippen molar-refractivity contribution in [1.82, 2.24) is 9.78 Å². The molecular formula is C16H18ClN3O3. The number of hydrogen-bond donors (Lipinski definition) is 2. The second-order valence-electron chi connectivity index (χ2n) is 6.21. The number of carboxylic acids is 1. The lowest BCUT2D eigenvalue weighted by Crippen LogP contribution is -2.25. The molecular weight excluding hydrogens is 318 g/mol. The Morgan fingerprint density at radius 2 is 1.91 bits per heavy atom. The maximum atomic E-state index is 12.3. The Labute approximate surface area is 139 Å². The quantitative estimate of drug-likeness (QED) is 0.898. The van der Waals surface area contributed by atoms with E-state index >= 15 is 0 Å². The summed E-state index contributed by atoms with van der Waals surface area (Å²) < 4.78 is 1.78. The lowest BCUT2D eigenvalue weighted by molar-refractivity contribution is 0.0697. The van der Waals surface area contributed by atoms with Crippen LogP contribution in [0.15, 0.2) is 24.3 Å². The molecule has 2 aromatic rings. The van der Waals surface area contributed by atoms with Gasteiger partial charge in [0.05, 0.1) is 16.1 Å². The van der Waals surface area contributed by atoms with Gasteiger partial charge in [-0.2, -0.15) is 5.10 Å². The molecule has 1 aromatic carbocycles. The molecule has 0 aliphatic rings. The number of aromatic carboxylic acids is 1. The summed E-state index contributed by atoms with van der Waals surface area (Å²) in [7, 11) is 0. The van der Waals surface area contributed by atoms with Crippen LogP contribution in [0.5, 0.6) is 0 Å². The number of hydrogen-bond acceptors (Lipinski definition) is 3. The number of carboxylic acid groups (broad SMARTS) is 1. The molecule has 122 valence electrons. The van der Waals surface area contributed by atoms with Crippen molar-refractivity contribution < 1.29 is 14.7 Å². The minimum atomic E-state index is -1.12. The van der Waals surface area contributed by atoms with Gasteiger partial charge in [-0.25, -0.2) is 4.79 Å². The normalized spacial score (nSPS) is 11.3. The second-order valence-corrected chi connectivity index (χ2v) is 6.61. The van der Waals surface area contributed by atoms with Gasteiger partial charge >= 0.3 is 5.97 Å². The number of benzene rings is 1. The fourth-order valence-corrected chi connectivity index (χ4v) is 2.49. The molecule has 0 spiro atoms. The summed E-state index contributed by atoms with van der Waals surface area (Å²) in [5.74, 6) is -1.50.